The van der Waals surface area contributed by atoms with E-state index in [-0.39, 0.29) is 18.6 Å². The van der Waals surface area contributed by atoms with Gasteiger partial charge in [0.1, 0.15) is 12.3 Å². The lowest BCUT2D eigenvalue weighted by atomic mass is 10.1. The Morgan fingerprint density at radius 2 is 2.23 bits per heavy atom. The van der Waals surface area contributed by atoms with E-state index in [0.29, 0.717) is 18.8 Å². The lowest BCUT2D eigenvalue weighted by Gasteiger charge is -2.29. The van der Waals surface area contributed by atoms with Crippen LogP contribution in [0.2, 0.25) is 0 Å². The molecule has 2 aliphatic rings. The van der Waals surface area contributed by atoms with Crippen molar-refractivity contribution in [2.45, 2.75) is 25.5 Å². The first-order valence-electron chi connectivity index (χ1n) is 7.53. The molecule has 1 saturated heterocycles. The molecule has 1 aromatic carbocycles. The number of rotatable bonds is 4. The molecule has 1 fully saturated rings. The minimum atomic E-state index is -0.474. The SMILES string of the molecule is CN(CC1CCCO1)C(=O)CN1Cc2ccccc2OC1=O. The smallest absolute Gasteiger partial charge is 0.410 e. The number of hydrogen-bond donors (Lipinski definition) is 0. The van der Waals surface area contributed by atoms with Crippen LogP contribution in [0.25, 0.3) is 0 Å². The molecular formula is C16H20N2O4. The van der Waals surface area contributed by atoms with Crippen molar-refractivity contribution in [1.29, 1.82) is 0 Å². The molecule has 22 heavy (non-hydrogen) atoms. The summed E-state index contributed by atoms with van der Waals surface area (Å²) in [6.07, 6.45) is 1.67. The Kier molecular flexibility index (Phi) is 4.29. The van der Waals surface area contributed by atoms with Crippen molar-refractivity contribution in [2.75, 3.05) is 26.7 Å². The first-order chi connectivity index (χ1) is 10.6. The number of benzene rings is 1. The third-order valence-electron chi connectivity index (χ3n) is 4.04. The number of fused-ring (bicyclic) bond motifs is 1. The molecule has 2 aliphatic heterocycles. The van der Waals surface area contributed by atoms with Gasteiger partial charge < -0.3 is 14.4 Å². The van der Waals surface area contributed by atoms with E-state index in [2.05, 4.69) is 0 Å². The van der Waals surface area contributed by atoms with E-state index < -0.39 is 6.09 Å². The van der Waals surface area contributed by atoms with Gasteiger partial charge in [-0.05, 0) is 18.9 Å². The van der Waals surface area contributed by atoms with Crippen LogP contribution >= 0.6 is 0 Å². The Morgan fingerprint density at radius 1 is 1.41 bits per heavy atom. The van der Waals surface area contributed by atoms with Crippen LogP contribution in [0.3, 0.4) is 0 Å². The average Bonchev–Trinajstić information content (AvgIpc) is 3.00. The fourth-order valence-electron chi connectivity index (χ4n) is 2.76. The number of carbonyl (C=O) groups is 2. The molecule has 1 aromatic rings. The van der Waals surface area contributed by atoms with Gasteiger partial charge in [0.2, 0.25) is 5.91 Å². The number of carbonyl (C=O) groups excluding carboxylic acids is 2. The van der Waals surface area contributed by atoms with E-state index in [1.165, 1.54) is 4.90 Å². The number of amides is 2. The van der Waals surface area contributed by atoms with E-state index in [1.54, 1.807) is 18.0 Å². The summed E-state index contributed by atoms with van der Waals surface area (Å²) >= 11 is 0. The molecular weight excluding hydrogens is 284 g/mol. The maximum atomic E-state index is 12.3. The highest BCUT2D eigenvalue weighted by molar-refractivity contribution is 5.83. The third-order valence-corrected chi connectivity index (χ3v) is 4.04. The number of ether oxygens (including phenoxy) is 2. The molecule has 3 rings (SSSR count). The summed E-state index contributed by atoms with van der Waals surface area (Å²) in [5.74, 6) is 0.468. The van der Waals surface area contributed by atoms with E-state index in [1.807, 2.05) is 18.2 Å². The van der Waals surface area contributed by atoms with Crippen LogP contribution in [-0.4, -0.2) is 54.6 Å². The molecule has 0 aromatic heterocycles. The molecule has 0 radical (unpaired) electrons. The van der Waals surface area contributed by atoms with Crippen LogP contribution in [0.4, 0.5) is 4.79 Å². The van der Waals surface area contributed by atoms with Crippen LogP contribution in [0, 0.1) is 0 Å². The quantitative estimate of drug-likeness (QED) is 0.848. The Balaban J connectivity index is 1.58. The second kappa shape index (κ2) is 6.36. The van der Waals surface area contributed by atoms with E-state index in [4.69, 9.17) is 9.47 Å². The fourth-order valence-corrected chi connectivity index (χ4v) is 2.76. The molecule has 2 amide bonds. The topological polar surface area (TPSA) is 59.1 Å². The van der Waals surface area contributed by atoms with Crippen LogP contribution < -0.4 is 4.74 Å². The van der Waals surface area contributed by atoms with Gasteiger partial charge in [0.25, 0.3) is 0 Å². The van der Waals surface area contributed by atoms with Gasteiger partial charge >= 0.3 is 6.09 Å². The van der Waals surface area contributed by atoms with Crippen molar-refractivity contribution in [1.82, 2.24) is 9.80 Å². The number of likely N-dealkylation sites (N-methyl/N-ethyl adjacent to an activating group) is 1. The molecule has 1 unspecified atom stereocenters. The summed E-state index contributed by atoms with van der Waals surface area (Å²) in [7, 11) is 1.74. The molecule has 1 atom stereocenters. The molecule has 6 heteroatoms. The predicted octanol–water partition coefficient (Wildman–Crippen LogP) is 1.64. The first-order valence-corrected chi connectivity index (χ1v) is 7.53. The second-order valence-corrected chi connectivity index (χ2v) is 5.74. The maximum absolute atomic E-state index is 12.3. The standard InChI is InChI=1S/C16H20N2O4/c1-17(10-13-6-4-8-21-13)15(19)11-18-9-12-5-2-3-7-14(12)22-16(18)20/h2-3,5,7,13H,4,6,8-11H2,1H3. The molecule has 118 valence electrons. The van der Waals surface area contributed by atoms with Gasteiger partial charge in [-0.2, -0.15) is 0 Å². The highest BCUT2D eigenvalue weighted by atomic mass is 16.6. The molecule has 2 heterocycles. The first kappa shape index (κ1) is 14.8. The largest absolute Gasteiger partial charge is 0.416 e. The highest BCUT2D eigenvalue weighted by Gasteiger charge is 2.28. The Labute approximate surface area is 129 Å². The Bertz CT molecular complexity index is 569. The zero-order valence-corrected chi connectivity index (χ0v) is 12.7. The van der Waals surface area contributed by atoms with Gasteiger partial charge in [-0.15, -0.1) is 0 Å². The van der Waals surface area contributed by atoms with Crippen molar-refractivity contribution in [2.24, 2.45) is 0 Å². The average molecular weight is 304 g/mol. The zero-order chi connectivity index (χ0) is 15.5. The van der Waals surface area contributed by atoms with Crippen LogP contribution in [0.1, 0.15) is 18.4 Å². The Morgan fingerprint density at radius 3 is 3.00 bits per heavy atom. The summed E-state index contributed by atoms with van der Waals surface area (Å²) in [5, 5.41) is 0. The van der Waals surface area contributed by atoms with E-state index >= 15 is 0 Å². The summed E-state index contributed by atoms with van der Waals surface area (Å²) in [6.45, 7) is 1.76. The van der Waals surface area contributed by atoms with Gasteiger partial charge in [0.15, 0.2) is 0 Å². The molecule has 0 aliphatic carbocycles. The molecule has 0 bridgehead atoms. The Hall–Kier alpha value is -2.08. The van der Waals surface area contributed by atoms with Crippen LogP contribution in [-0.2, 0) is 16.1 Å². The highest BCUT2D eigenvalue weighted by Crippen LogP contribution is 2.25. The van der Waals surface area contributed by atoms with Gasteiger partial charge in [0, 0.05) is 25.8 Å². The van der Waals surface area contributed by atoms with Gasteiger partial charge in [0.05, 0.1) is 12.6 Å². The fraction of sp³-hybridized carbons (Fsp3) is 0.500. The molecule has 0 saturated carbocycles. The van der Waals surface area contributed by atoms with Gasteiger partial charge in [-0.1, -0.05) is 18.2 Å². The summed E-state index contributed by atoms with van der Waals surface area (Å²) in [6, 6.07) is 7.37. The summed E-state index contributed by atoms with van der Waals surface area (Å²) in [5.41, 5.74) is 0.914. The number of nitrogens with zero attached hydrogens (tertiary/aromatic N) is 2. The van der Waals surface area contributed by atoms with Crippen LogP contribution in [0.5, 0.6) is 5.75 Å². The van der Waals surface area contributed by atoms with Crippen LogP contribution in [0.15, 0.2) is 24.3 Å². The van der Waals surface area contributed by atoms with Crippen molar-refractivity contribution in [3.63, 3.8) is 0 Å². The van der Waals surface area contributed by atoms with E-state index in [0.717, 1.165) is 25.0 Å². The number of hydrogen-bond acceptors (Lipinski definition) is 4. The van der Waals surface area contributed by atoms with Crippen molar-refractivity contribution in [3.8, 4) is 5.75 Å². The molecule has 0 spiro atoms. The minimum absolute atomic E-state index is 0.0242. The number of para-hydroxylation sites is 1. The van der Waals surface area contributed by atoms with Gasteiger partial charge in [-0.3, -0.25) is 9.69 Å². The second-order valence-electron chi connectivity index (χ2n) is 5.74. The summed E-state index contributed by atoms with van der Waals surface area (Å²) < 4.78 is 10.8. The monoisotopic (exact) mass is 304 g/mol. The third kappa shape index (κ3) is 3.22. The lowest BCUT2D eigenvalue weighted by Crippen LogP contribution is -2.45. The predicted molar refractivity (Wildman–Crippen MR) is 79.5 cm³/mol. The minimum Gasteiger partial charge on any atom is -0.410 e. The van der Waals surface area contributed by atoms with Gasteiger partial charge in [-0.25, -0.2) is 4.79 Å². The molecule has 0 N–H and O–H groups in total. The van der Waals surface area contributed by atoms with E-state index in [9.17, 15) is 9.59 Å². The summed E-state index contributed by atoms with van der Waals surface area (Å²) in [4.78, 5) is 27.3. The normalized spacial score (nSPS) is 20.5. The van der Waals surface area contributed by atoms with Crippen molar-refractivity contribution in [3.05, 3.63) is 29.8 Å². The van der Waals surface area contributed by atoms with Crippen molar-refractivity contribution < 1.29 is 19.1 Å². The van der Waals surface area contributed by atoms with Crippen molar-refractivity contribution >= 4 is 12.0 Å². The molecule has 6 nitrogen and oxygen atoms in total. The zero-order valence-electron chi connectivity index (χ0n) is 12.7. The lowest BCUT2D eigenvalue weighted by molar-refractivity contribution is -0.132. The maximum Gasteiger partial charge on any atom is 0.416 e.